The van der Waals surface area contributed by atoms with Gasteiger partial charge in [-0.05, 0) is 25.7 Å². The quantitative estimate of drug-likeness (QED) is 0.468. The Morgan fingerprint density at radius 3 is 2.06 bits per heavy atom. The van der Waals surface area contributed by atoms with Crippen molar-refractivity contribution in [3.8, 4) is 0 Å². The molecule has 18 heavy (non-hydrogen) atoms. The summed E-state index contributed by atoms with van der Waals surface area (Å²) >= 11 is 7.47. The molecule has 0 aromatic rings. The maximum atomic E-state index is 10.9. The first-order valence-corrected chi connectivity index (χ1v) is 7.81. The van der Waals surface area contributed by atoms with E-state index in [2.05, 4.69) is 58.5 Å². The van der Waals surface area contributed by atoms with Gasteiger partial charge in [-0.3, -0.25) is 0 Å². The molecule has 1 N–H and O–H groups in total. The maximum absolute atomic E-state index is 10.9. The summed E-state index contributed by atoms with van der Waals surface area (Å²) in [6.07, 6.45) is 8.59. The summed E-state index contributed by atoms with van der Waals surface area (Å²) in [5.41, 5.74) is -0.769. The fourth-order valence-corrected chi connectivity index (χ4v) is 5.53. The molecule has 1 fully saturated rings. The summed E-state index contributed by atoms with van der Waals surface area (Å²) in [5.74, 6) is 0.133. The van der Waals surface area contributed by atoms with Crippen LogP contribution in [-0.4, -0.2) is 13.9 Å². The van der Waals surface area contributed by atoms with E-state index in [1.807, 2.05) is 6.08 Å². The van der Waals surface area contributed by atoms with Gasteiger partial charge in [0.1, 0.15) is 0 Å². The van der Waals surface area contributed by atoms with Crippen LogP contribution in [0.15, 0.2) is 38.0 Å². The first kappa shape index (κ1) is 16.2. The van der Waals surface area contributed by atoms with Gasteiger partial charge in [0.15, 0.2) is 0 Å². The number of halogens is 2. The molecule has 2 atom stereocenters. The average molecular weight is 378 g/mol. The molecule has 0 spiro atoms. The van der Waals surface area contributed by atoms with Gasteiger partial charge in [0, 0.05) is 11.3 Å². The summed E-state index contributed by atoms with van der Waals surface area (Å²) in [4.78, 5) is 0. The molecule has 0 radical (unpaired) electrons. The molecule has 0 heterocycles. The molecule has 1 aliphatic rings. The highest BCUT2D eigenvalue weighted by Gasteiger charge is 2.76. The second-order valence-electron chi connectivity index (χ2n) is 5.39. The van der Waals surface area contributed by atoms with Crippen LogP contribution in [0.4, 0.5) is 0 Å². The van der Waals surface area contributed by atoms with Gasteiger partial charge in [-0.1, -0.05) is 57.0 Å². The Hall–Kier alpha value is 0.140. The highest BCUT2D eigenvalue weighted by molar-refractivity contribution is 9.25. The van der Waals surface area contributed by atoms with Gasteiger partial charge in [0.2, 0.25) is 0 Å². The number of rotatable bonds is 8. The molecule has 0 bridgehead atoms. The smallest absolute Gasteiger partial charge is 0.0924 e. The highest BCUT2D eigenvalue weighted by Crippen LogP contribution is 2.77. The zero-order valence-electron chi connectivity index (χ0n) is 11.0. The van der Waals surface area contributed by atoms with Crippen molar-refractivity contribution in [2.24, 2.45) is 11.3 Å². The molecule has 0 saturated heterocycles. The minimum atomic E-state index is -0.785. The van der Waals surface area contributed by atoms with Crippen LogP contribution in [0.5, 0.6) is 0 Å². The van der Waals surface area contributed by atoms with E-state index in [1.54, 1.807) is 12.2 Å². The van der Waals surface area contributed by atoms with E-state index in [9.17, 15) is 5.11 Å². The molecule has 0 aromatic heterocycles. The van der Waals surface area contributed by atoms with E-state index in [-0.39, 0.29) is 14.6 Å². The molecular formula is C15H22Br2O. The van der Waals surface area contributed by atoms with Crippen molar-refractivity contribution in [2.75, 3.05) is 0 Å². The lowest BCUT2D eigenvalue weighted by molar-refractivity contribution is 0.00977. The number of alkyl halides is 2. The molecule has 1 rings (SSSR count). The molecule has 1 aliphatic carbocycles. The van der Waals surface area contributed by atoms with Crippen LogP contribution in [0, 0.1) is 11.3 Å². The van der Waals surface area contributed by atoms with Gasteiger partial charge in [0.05, 0.1) is 8.83 Å². The van der Waals surface area contributed by atoms with E-state index in [4.69, 9.17) is 0 Å². The van der Waals surface area contributed by atoms with Crippen LogP contribution >= 0.6 is 31.9 Å². The topological polar surface area (TPSA) is 20.2 Å². The first-order valence-electron chi connectivity index (χ1n) is 6.23. The van der Waals surface area contributed by atoms with Gasteiger partial charge < -0.3 is 5.11 Å². The SMILES string of the molecule is C=CCCC1(C)C(C(O)(CC=C)CC=C)C1(Br)Br. The number of hydrogen-bond donors (Lipinski definition) is 1. The van der Waals surface area contributed by atoms with Crippen molar-refractivity contribution in [3.63, 3.8) is 0 Å². The summed E-state index contributed by atoms with van der Waals surface area (Å²) in [6, 6.07) is 0. The maximum Gasteiger partial charge on any atom is 0.0924 e. The van der Waals surface area contributed by atoms with Crippen molar-refractivity contribution in [1.29, 1.82) is 0 Å². The monoisotopic (exact) mass is 376 g/mol. The van der Waals surface area contributed by atoms with Crippen LogP contribution in [0.2, 0.25) is 0 Å². The van der Waals surface area contributed by atoms with Crippen LogP contribution in [0.1, 0.15) is 32.6 Å². The molecule has 1 saturated carbocycles. The number of hydrogen-bond acceptors (Lipinski definition) is 1. The number of aliphatic hydroxyl groups is 1. The molecule has 0 aromatic carbocycles. The summed E-state index contributed by atoms with van der Waals surface area (Å²) in [7, 11) is 0. The van der Waals surface area contributed by atoms with Gasteiger partial charge in [-0.2, -0.15) is 0 Å². The Morgan fingerprint density at radius 2 is 1.67 bits per heavy atom. The van der Waals surface area contributed by atoms with Gasteiger partial charge >= 0.3 is 0 Å². The lowest BCUT2D eigenvalue weighted by Crippen LogP contribution is -2.33. The first-order chi connectivity index (χ1) is 8.30. The second kappa shape index (κ2) is 5.64. The molecule has 0 amide bonds. The van der Waals surface area contributed by atoms with Crippen molar-refractivity contribution in [2.45, 2.75) is 41.4 Å². The van der Waals surface area contributed by atoms with Crippen LogP contribution < -0.4 is 0 Å². The van der Waals surface area contributed by atoms with Crippen LogP contribution in [0.25, 0.3) is 0 Å². The Balaban J connectivity index is 2.96. The summed E-state index contributed by atoms with van der Waals surface area (Å²) in [6.45, 7) is 13.5. The van der Waals surface area contributed by atoms with Crippen molar-refractivity contribution in [3.05, 3.63) is 38.0 Å². The molecule has 3 heteroatoms. The predicted molar refractivity (Wildman–Crippen MR) is 86.2 cm³/mol. The normalized spacial score (nSPS) is 29.7. The fourth-order valence-electron chi connectivity index (χ4n) is 3.05. The zero-order chi connectivity index (χ0) is 14.0. The molecular weight excluding hydrogens is 356 g/mol. The molecule has 102 valence electrons. The zero-order valence-corrected chi connectivity index (χ0v) is 14.1. The Morgan fingerprint density at radius 1 is 1.17 bits per heavy atom. The van der Waals surface area contributed by atoms with Gasteiger partial charge in [0.25, 0.3) is 0 Å². The van der Waals surface area contributed by atoms with Crippen LogP contribution in [-0.2, 0) is 0 Å². The van der Waals surface area contributed by atoms with Gasteiger partial charge in [-0.25, -0.2) is 0 Å². The minimum absolute atomic E-state index is 0.0158. The largest absolute Gasteiger partial charge is 0.389 e. The van der Waals surface area contributed by atoms with E-state index in [0.29, 0.717) is 12.8 Å². The molecule has 1 nitrogen and oxygen atoms in total. The molecule has 2 unspecified atom stereocenters. The number of allylic oxidation sites excluding steroid dienone is 1. The Bertz CT molecular complexity index is 338. The molecule has 0 aliphatic heterocycles. The second-order valence-corrected chi connectivity index (χ2v) is 8.96. The average Bonchev–Trinajstić information content (AvgIpc) is 2.71. The van der Waals surface area contributed by atoms with Crippen molar-refractivity contribution >= 4 is 31.9 Å². The summed E-state index contributed by atoms with van der Waals surface area (Å²) in [5, 5.41) is 10.9. The van der Waals surface area contributed by atoms with Gasteiger partial charge in [-0.15, -0.1) is 19.7 Å². The van der Waals surface area contributed by atoms with Crippen molar-refractivity contribution in [1.82, 2.24) is 0 Å². The lowest BCUT2D eigenvalue weighted by atomic mass is 9.84. The van der Waals surface area contributed by atoms with E-state index in [0.717, 1.165) is 12.8 Å². The van der Waals surface area contributed by atoms with E-state index < -0.39 is 5.60 Å². The minimum Gasteiger partial charge on any atom is -0.389 e. The Labute approximate surface area is 127 Å². The van der Waals surface area contributed by atoms with E-state index in [1.165, 1.54) is 0 Å². The third kappa shape index (κ3) is 2.54. The lowest BCUT2D eigenvalue weighted by Gasteiger charge is -2.28. The standard InChI is InChI=1S/C15H22Br2O/c1-5-8-11-13(4)12(15(13,16)17)14(18,9-6-2)10-7-3/h5-7,12,18H,1-3,8-11H2,4H3. The summed E-state index contributed by atoms with van der Waals surface area (Å²) < 4.78 is -0.212. The van der Waals surface area contributed by atoms with E-state index >= 15 is 0 Å². The highest BCUT2D eigenvalue weighted by atomic mass is 79.9. The van der Waals surface area contributed by atoms with Crippen molar-refractivity contribution < 1.29 is 5.11 Å². The third-order valence-corrected chi connectivity index (χ3v) is 6.81. The predicted octanol–water partition coefficient (Wildman–Crippen LogP) is 4.96. The Kier molecular flexibility index (Phi) is 5.07. The third-order valence-electron chi connectivity index (χ3n) is 4.08. The van der Waals surface area contributed by atoms with Crippen LogP contribution in [0.3, 0.4) is 0 Å². The fraction of sp³-hybridized carbons (Fsp3) is 0.600.